The second kappa shape index (κ2) is 8.26. The van der Waals surface area contributed by atoms with Gasteiger partial charge in [0.2, 0.25) is 17.6 Å². The molecule has 7 nitrogen and oxygen atoms in total. The van der Waals surface area contributed by atoms with E-state index < -0.39 is 11.5 Å². The number of para-hydroxylation sites is 1. The molecule has 1 aliphatic heterocycles. The molecule has 5 rings (SSSR count). The molecule has 1 aliphatic carbocycles. The Hall–Kier alpha value is -3.00. The van der Waals surface area contributed by atoms with Crippen molar-refractivity contribution in [2.24, 2.45) is 5.92 Å². The minimum atomic E-state index is -0.667. The van der Waals surface area contributed by atoms with Crippen LogP contribution >= 0.6 is 11.3 Å². The summed E-state index contributed by atoms with van der Waals surface area (Å²) < 4.78 is 5.66. The van der Waals surface area contributed by atoms with Crippen molar-refractivity contribution in [3.05, 3.63) is 53.0 Å². The van der Waals surface area contributed by atoms with Gasteiger partial charge in [-0.2, -0.15) is 16.3 Å². The molecule has 1 unspecified atom stereocenters. The third-order valence-corrected chi connectivity index (χ3v) is 6.93. The highest BCUT2D eigenvalue weighted by Crippen LogP contribution is 2.38. The lowest BCUT2D eigenvalue weighted by atomic mass is 9.81. The summed E-state index contributed by atoms with van der Waals surface area (Å²) in [5.74, 6) is 0.462. The zero-order chi connectivity index (χ0) is 21.3. The molecule has 31 heavy (non-hydrogen) atoms. The first kappa shape index (κ1) is 19.9. The number of benzene rings is 1. The topological polar surface area (TPSA) is 88.3 Å². The van der Waals surface area contributed by atoms with Crippen molar-refractivity contribution < 1.29 is 14.1 Å². The third-order valence-electron chi connectivity index (χ3n) is 6.25. The van der Waals surface area contributed by atoms with E-state index in [-0.39, 0.29) is 18.2 Å². The first-order chi connectivity index (χ1) is 15.1. The number of aromatic nitrogens is 2. The number of hydrogen-bond acceptors (Lipinski definition) is 6. The van der Waals surface area contributed by atoms with Crippen LogP contribution in [0.3, 0.4) is 0 Å². The lowest BCUT2D eigenvalue weighted by Crippen LogP contribution is -2.50. The molecule has 1 N–H and O–H groups in total. The summed E-state index contributed by atoms with van der Waals surface area (Å²) in [5.41, 5.74) is 1.07. The van der Waals surface area contributed by atoms with E-state index in [1.54, 1.807) is 16.2 Å². The van der Waals surface area contributed by atoms with Crippen LogP contribution < -0.4 is 10.2 Å². The van der Waals surface area contributed by atoms with Gasteiger partial charge in [0.25, 0.3) is 5.89 Å². The normalized spacial score (nSPS) is 20.7. The van der Waals surface area contributed by atoms with Gasteiger partial charge in [0, 0.05) is 29.6 Å². The van der Waals surface area contributed by atoms with Gasteiger partial charge in [-0.15, -0.1) is 0 Å². The van der Waals surface area contributed by atoms with Gasteiger partial charge >= 0.3 is 0 Å². The Labute approximate surface area is 184 Å². The maximum atomic E-state index is 13.3. The molecule has 8 heteroatoms. The molecule has 0 bridgehead atoms. The van der Waals surface area contributed by atoms with Crippen LogP contribution in [-0.4, -0.2) is 28.5 Å². The van der Waals surface area contributed by atoms with Crippen LogP contribution in [0.25, 0.3) is 11.4 Å². The number of nitrogens with zero attached hydrogens (tertiary/aromatic N) is 3. The largest absolute Gasteiger partial charge is 0.341 e. The summed E-state index contributed by atoms with van der Waals surface area (Å²) in [6, 6.07) is 11.4. The monoisotopic (exact) mass is 436 g/mol. The summed E-state index contributed by atoms with van der Waals surface area (Å²) in [5, 5.41) is 11.3. The van der Waals surface area contributed by atoms with Gasteiger partial charge in [0.05, 0.1) is 5.92 Å². The van der Waals surface area contributed by atoms with Gasteiger partial charge in [-0.05, 0) is 36.4 Å². The third kappa shape index (κ3) is 3.87. The molecule has 2 fully saturated rings. The zero-order valence-electron chi connectivity index (χ0n) is 17.1. The van der Waals surface area contributed by atoms with Gasteiger partial charge in [-0.3, -0.25) is 9.59 Å². The number of amides is 2. The molecule has 2 aromatic heterocycles. The number of nitrogens with one attached hydrogen (secondary N) is 1. The van der Waals surface area contributed by atoms with Crippen molar-refractivity contribution in [2.45, 2.75) is 44.1 Å². The quantitative estimate of drug-likeness (QED) is 0.650. The molecule has 2 amide bonds. The van der Waals surface area contributed by atoms with Crippen LogP contribution in [0.5, 0.6) is 0 Å². The van der Waals surface area contributed by atoms with Crippen molar-refractivity contribution in [3.63, 3.8) is 0 Å². The van der Waals surface area contributed by atoms with Crippen LogP contribution in [0.15, 0.2) is 51.7 Å². The van der Waals surface area contributed by atoms with Gasteiger partial charge in [0.1, 0.15) is 5.54 Å². The average Bonchev–Trinajstić information content (AvgIpc) is 3.55. The number of anilines is 1. The van der Waals surface area contributed by atoms with Crippen LogP contribution in [0.1, 0.15) is 44.4 Å². The minimum Gasteiger partial charge on any atom is -0.341 e. The second-order valence-corrected chi connectivity index (χ2v) is 9.09. The number of hydrogen-bond donors (Lipinski definition) is 1. The van der Waals surface area contributed by atoms with E-state index >= 15 is 0 Å². The Balaban J connectivity index is 1.36. The second-order valence-electron chi connectivity index (χ2n) is 8.31. The van der Waals surface area contributed by atoms with Crippen LogP contribution in [0.2, 0.25) is 0 Å². The Morgan fingerprint density at radius 1 is 1.16 bits per heavy atom. The van der Waals surface area contributed by atoms with Crippen LogP contribution in [0, 0.1) is 5.92 Å². The molecule has 1 saturated carbocycles. The molecular formula is C23H24N4O3S. The van der Waals surface area contributed by atoms with E-state index in [4.69, 9.17) is 4.52 Å². The highest BCUT2D eigenvalue weighted by molar-refractivity contribution is 7.08. The molecule has 3 heterocycles. The van der Waals surface area contributed by atoms with E-state index in [0.29, 0.717) is 18.3 Å². The van der Waals surface area contributed by atoms with Crippen molar-refractivity contribution in [1.29, 1.82) is 0 Å². The molecule has 0 radical (unpaired) electrons. The molecule has 1 saturated heterocycles. The van der Waals surface area contributed by atoms with Crippen LogP contribution in [0.4, 0.5) is 5.69 Å². The predicted octanol–water partition coefficient (Wildman–Crippen LogP) is 4.13. The molecule has 1 aromatic carbocycles. The Kier molecular flexibility index (Phi) is 5.31. The van der Waals surface area contributed by atoms with Crippen molar-refractivity contribution in [2.75, 3.05) is 11.4 Å². The molecule has 0 spiro atoms. The summed E-state index contributed by atoms with van der Waals surface area (Å²) in [6.07, 6.45) is 4.81. The molecule has 3 aromatic rings. The van der Waals surface area contributed by atoms with Gasteiger partial charge < -0.3 is 14.7 Å². The van der Waals surface area contributed by atoms with Gasteiger partial charge in [-0.25, -0.2) is 0 Å². The standard InChI is InChI=1S/C23H24N4O3S/c28-19-13-17(14-27(19)18-7-3-1-4-8-18)21(29)25-23(10-5-2-6-11-23)22-24-20(26-30-22)16-9-12-31-15-16/h1,3-4,7-9,12,15,17H,2,5-6,10-11,13-14H2,(H,25,29). The Bertz CT molecular complexity index is 1060. The number of rotatable bonds is 5. The lowest BCUT2D eigenvalue weighted by Gasteiger charge is -2.35. The molecule has 2 aliphatic rings. The summed E-state index contributed by atoms with van der Waals surface area (Å²) in [4.78, 5) is 32.2. The van der Waals surface area contributed by atoms with E-state index in [1.165, 1.54) is 0 Å². The number of thiophene rings is 1. The highest BCUT2D eigenvalue weighted by Gasteiger charge is 2.44. The van der Waals surface area contributed by atoms with Gasteiger partial charge in [0.15, 0.2) is 0 Å². The number of carbonyl (C=O) groups excluding carboxylic acids is 2. The maximum absolute atomic E-state index is 13.3. The lowest BCUT2D eigenvalue weighted by molar-refractivity contribution is -0.129. The first-order valence-corrected chi connectivity index (χ1v) is 11.6. The van der Waals surface area contributed by atoms with E-state index in [2.05, 4.69) is 15.5 Å². The molecular weight excluding hydrogens is 412 g/mol. The SMILES string of the molecule is O=C(NC1(c2nc(-c3ccsc3)no2)CCCCC1)C1CC(=O)N(c2ccccc2)C1. The first-order valence-electron chi connectivity index (χ1n) is 10.7. The minimum absolute atomic E-state index is 0.0263. The maximum Gasteiger partial charge on any atom is 0.252 e. The van der Waals surface area contributed by atoms with E-state index in [1.807, 2.05) is 47.2 Å². The Morgan fingerprint density at radius 3 is 2.71 bits per heavy atom. The predicted molar refractivity (Wildman–Crippen MR) is 117 cm³/mol. The summed E-state index contributed by atoms with van der Waals surface area (Å²) in [7, 11) is 0. The Morgan fingerprint density at radius 2 is 1.97 bits per heavy atom. The highest BCUT2D eigenvalue weighted by atomic mass is 32.1. The van der Waals surface area contributed by atoms with Crippen LogP contribution in [-0.2, 0) is 15.1 Å². The van der Waals surface area contributed by atoms with Gasteiger partial charge in [-0.1, -0.05) is 42.6 Å². The number of carbonyl (C=O) groups is 2. The fourth-order valence-corrected chi connectivity index (χ4v) is 5.19. The average molecular weight is 437 g/mol. The van der Waals surface area contributed by atoms with E-state index in [9.17, 15) is 9.59 Å². The van der Waals surface area contributed by atoms with E-state index in [0.717, 1.165) is 43.4 Å². The summed E-state index contributed by atoms with van der Waals surface area (Å²) in [6.45, 7) is 0.384. The zero-order valence-corrected chi connectivity index (χ0v) is 17.9. The fourth-order valence-electron chi connectivity index (χ4n) is 4.55. The summed E-state index contributed by atoms with van der Waals surface area (Å²) >= 11 is 1.58. The van der Waals surface area contributed by atoms with Crippen molar-refractivity contribution in [3.8, 4) is 11.4 Å². The molecule has 1 atom stereocenters. The van der Waals surface area contributed by atoms with Crippen molar-refractivity contribution in [1.82, 2.24) is 15.5 Å². The molecule has 160 valence electrons. The smallest absolute Gasteiger partial charge is 0.252 e. The fraction of sp³-hybridized carbons (Fsp3) is 0.391. The van der Waals surface area contributed by atoms with Crippen molar-refractivity contribution >= 4 is 28.8 Å².